The fourth-order valence-corrected chi connectivity index (χ4v) is 2.33. The molecule has 0 amide bonds. The van der Waals surface area contributed by atoms with E-state index in [-0.39, 0.29) is 5.13 Å². The number of fused-ring (bicyclic) bond motifs is 1. The van der Waals surface area contributed by atoms with Crippen molar-refractivity contribution >= 4 is 34.1 Å². The monoisotopic (exact) mass is 214 g/mol. The van der Waals surface area contributed by atoms with Crippen molar-refractivity contribution in [2.24, 2.45) is 0 Å². The predicted molar refractivity (Wildman–Crippen MR) is 55.6 cm³/mol. The van der Waals surface area contributed by atoms with Crippen molar-refractivity contribution in [3.63, 3.8) is 0 Å². The molecule has 0 aliphatic heterocycles. The molecule has 1 heterocycles. The van der Waals surface area contributed by atoms with Crippen molar-refractivity contribution < 1.29 is 9.13 Å². The number of thiol groups is 1. The van der Waals surface area contributed by atoms with Crippen LogP contribution in [0.5, 0.6) is 5.75 Å². The Morgan fingerprint density at radius 3 is 2.92 bits per heavy atom. The van der Waals surface area contributed by atoms with Gasteiger partial charge in [-0.3, -0.25) is 0 Å². The Balaban J connectivity index is 2.82. The average Bonchev–Trinajstić information content (AvgIpc) is 2.45. The Hall–Kier alpha value is -0.740. The smallest absolute Gasteiger partial charge is 0.177 e. The van der Waals surface area contributed by atoms with Crippen molar-refractivity contribution in [2.75, 3.05) is 7.11 Å². The number of benzene rings is 1. The lowest BCUT2D eigenvalue weighted by Gasteiger charge is -2.03. The number of halogens is 1. The summed E-state index contributed by atoms with van der Waals surface area (Å²) in [6, 6.07) is 5.12. The predicted octanol–water partition coefficient (Wildman–Crippen LogP) is 3.34. The van der Waals surface area contributed by atoms with Crippen LogP contribution in [0.2, 0.25) is 0 Å². The third-order valence-corrected chi connectivity index (χ3v) is 3.05. The van der Waals surface area contributed by atoms with Crippen LogP contribution in [0, 0.1) is 5.13 Å². The van der Waals surface area contributed by atoms with Crippen LogP contribution in [0.3, 0.4) is 0 Å². The highest BCUT2D eigenvalue weighted by molar-refractivity contribution is 7.80. The second-order valence-corrected chi connectivity index (χ2v) is 4.10. The Kier molecular flexibility index (Phi) is 2.17. The largest absolute Gasteiger partial charge is 0.495 e. The van der Waals surface area contributed by atoms with Crippen molar-refractivity contribution in [3.05, 3.63) is 23.3 Å². The SMILES string of the molecule is COc1c(S)ccc2sc(F)cc12. The third-order valence-electron chi connectivity index (χ3n) is 1.80. The van der Waals surface area contributed by atoms with E-state index in [0.29, 0.717) is 5.75 Å². The van der Waals surface area contributed by atoms with Crippen molar-refractivity contribution in [3.8, 4) is 5.75 Å². The molecule has 1 aromatic carbocycles. The summed E-state index contributed by atoms with van der Waals surface area (Å²) in [5.41, 5.74) is 0. The molecule has 2 aromatic rings. The van der Waals surface area contributed by atoms with Gasteiger partial charge in [0.25, 0.3) is 0 Å². The molecule has 0 aliphatic rings. The Labute approximate surface area is 84.6 Å². The molecule has 13 heavy (non-hydrogen) atoms. The molecule has 1 nitrogen and oxygen atoms in total. The van der Waals surface area contributed by atoms with Gasteiger partial charge in [-0.1, -0.05) is 0 Å². The van der Waals surface area contributed by atoms with Gasteiger partial charge in [0.1, 0.15) is 5.75 Å². The summed E-state index contributed by atoms with van der Waals surface area (Å²) in [5.74, 6) is 0.640. The minimum atomic E-state index is -0.202. The fourth-order valence-electron chi connectivity index (χ4n) is 1.26. The van der Waals surface area contributed by atoms with Crippen molar-refractivity contribution in [1.82, 2.24) is 0 Å². The van der Waals surface area contributed by atoms with Crippen LogP contribution in [-0.4, -0.2) is 7.11 Å². The molecule has 68 valence electrons. The molecule has 0 N–H and O–H groups in total. The molecule has 0 bridgehead atoms. The van der Waals surface area contributed by atoms with Crippen molar-refractivity contribution in [1.29, 1.82) is 0 Å². The minimum Gasteiger partial charge on any atom is -0.495 e. The molecule has 0 spiro atoms. The summed E-state index contributed by atoms with van der Waals surface area (Å²) < 4.78 is 18.9. The highest BCUT2D eigenvalue weighted by Crippen LogP contribution is 2.36. The van der Waals surface area contributed by atoms with Gasteiger partial charge in [-0.2, -0.15) is 4.39 Å². The molecule has 0 radical (unpaired) electrons. The number of hydrogen-bond acceptors (Lipinski definition) is 3. The molecule has 1 aromatic heterocycles. The fraction of sp³-hybridized carbons (Fsp3) is 0.111. The number of thiophene rings is 1. The summed E-state index contributed by atoms with van der Waals surface area (Å²) in [5, 5.41) is 0.588. The lowest BCUT2D eigenvalue weighted by Crippen LogP contribution is -1.84. The zero-order valence-corrected chi connectivity index (χ0v) is 8.58. The maximum Gasteiger partial charge on any atom is 0.177 e. The zero-order chi connectivity index (χ0) is 9.42. The van der Waals surface area contributed by atoms with Gasteiger partial charge in [0, 0.05) is 15.0 Å². The first-order valence-electron chi connectivity index (χ1n) is 3.67. The first kappa shape index (κ1) is 8.84. The van der Waals surface area contributed by atoms with Crippen LogP contribution in [0.25, 0.3) is 10.1 Å². The van der Waals surface area contributed by atoms with Gasteiger partial charge in [0.15, 0.2) is 5.13 Å². The molecule has 0 saturated carbocycles. The van der Waals surface area contributed by atoms with Crippen LogP contribution in [0.4, 0.5) is 4.39 Å². The molecule has 0 fully saturated rings. The van der Waals surface area contributed by atoms with E-state index in [2.05, 4.69) is 12.6 Å². The maximum atomic E-state index is 12.9. The minimum absolute atomic E-state index is 0.202. The second-order valence-electron chi connectivity index (χ2n) is 2.58. The van der Waals surface area contributed by atoms with E-state index in [1.54, 1.807) is 13.2 Å². The normalized spacial score (nSPS) is 10.7. The summed E-state index contributed by atoms with van der Waals surface area (Å²) in [6.45, 7) is 0. The quantitative estimate of drug-likeness (QED) is 0.716. The van der Waals surface area contributed by atoms with E-state index < -0.39 is 0 Å². The van der Waals surface area contributed by atoms with Gasteiger partial charge in [0.2, 0.25) is 0 Å². The highest BCUT2D eigenvalue weighted by atomic mass is 32.1. The van der Waals surface area contributed by atoms with E-state index in [1.807, 2.05) is 6.07 Å². The van der Waals surface area contributed by atoms with Gasteiger partial charge < -0.3 is 4.74 Å². The van der Waals surface area contributed by atoms with E-state index in [1.165, 1.54) is 6.07 Å². The first-order valence-corrected chi connectivity index (χ1v) is 4.93. The van der Waals surface area contributed by atoms with Crippen LogP contribution >= 0.6 is 24.0 Å². The van der Waals surface area contributed by atoms with Crippen molar-refractivity contribution in [2.45, 2.75) is 4.90 Å². The molecule has 4 heteroatoms. The van der Waals surface area contributed by atoms with E-state index in [9.17, 15) is 4.39 Å². The summed E-state index contributed by atoms with van der Waals surface area (Å²) in [6.07, 6.45) is 0. The second kappa shape index (κ2) is 3.20. The van der Waals surface area contributed by atoms with Gasteiger partial charge >= 0.3 is 0 Å². The van der Waals surface area contributed by atoms with E-state index in [0.717, 1.165) is 26.3 Å². The average molecular weight is 214 g/mol. The topological polar surface area (TPSA) is 9.23 Å². The third kappa shape index (κ3) is 1.40. The summed E-state index contributed by atoms with van der Waals surface area (Å²) in [4.78, 5) is 0.729. The molecular formula is C9H7FOS2. The van der Waals surface area contributed by atoms with Gasteiger partial charge in [-0.15, -0.1) is 24.0 Å². The molecule has 0 unspecified atom stereocenters. The first-order chi connectivity index (χ1) is 6.22. The molecule has 0 saturated heterocycles. The molecule has 0 aliphatic carbocycles. The summed E-state index contributed by atoms with van der Waals surface area (Å²) >= 11 is 5.33. The molecule has 0 atom stereocenters. The van der Waals surface area contributed by atoms with Crippen LogP contribution < -0.4 is 4.74 Å². The molecular weight excluding hydrogens is 207 g/mol. The molecule has 2 rings (SSSR count). The lowest BCUT2D eigenvalue weighted by atomic mass is 10.2. The lowest BCUT2D eigenvalue weighted by molar-refractivity contribution is 0.410. The Morgan fingerprint density at radius 1 is 1.46 bits per heavy atom. The number of hydrogen-bond donors (Lipinski definition) is 1. The van der Waals surface area contributed by atoms with Gasteiger partial charge in [-0.25, -0.2) is 0 Å². The van der Waals surface area contributed by atoms with E-state index >= 15 is 0 Å². The van der Waals surface area contributed by atoms with E-state index in [4.69, 9.17) is 4.74 Å². The van der Waals surface area contributed by atoms with Crippen LogP contribution in [0.1, 0.15) is 0 Å². The summed E-state index contributed by atoms with van der Waals surface area (Å²) in [7, 11) is 1.56. The zero-order valence-electron chi connectivity index (χ0n) is 6.87. The number of ether oxygens (including phenoxy) is 1. The van der Waals surface area contributed by atoms with Crippen LogP contribution in [0.15, 0.2) is 23.1 Å². The Bertz CT molecular complexity index is 450. The van der Waals surface area contributed by atoms with Gasteiger partial charge in [-0.05, 0) is 18.2 Å². The number of methoxy groups -OCH3 is 1. The highest BCUT2D eigenvalue weighted by Gasteiger charge is 2.08. The Morgan fingerprint density at radius 2 is 2.23 bits per heavy atom. The van der Waals surface area contributed by atoms with Crippen LogP contribution in [-0.2, 0) is 0 Å². The van der Waals surface area contributed by atoms with Gasteiger partial charge in [0.05, 0.1) is 7.11 Å². The maximum absolute atomic E-state index is 12.9. The standard InChI is InChI=1S/C9H7FOS2/c1-11-9-5-4-8(10)13-7(5)3-2-6(9)12/h2-4,12H,1H3. The number of rotatable bonds is 1.